The van der Waals surface area contributed by atoms with Crippen molar-refractivity contribution < 1.29 is 22.3 Å². The van der Waals surface area contributed by atoms with Crippen LogP contribution in [0.1, 0.15) is 12.2 Å². The Morgan fingerprint density at radius 3 is 2.69 bits per heavy atom. The second-order valence-corrected chi connectivity index (χ2v) is 8.34. The third-order valence-corrected chi connectivity index (χ3v) is 6.51. The van der Waals surface area contributed by atoms with Gasteiger partial charge >= 0.3 is 0 Å². The van der Waals surface area contributed by atoms with Gasteiger partial charge in [0.15, 0.2) is 11.5 Å². The summed E-state index contributed by atoms with van der Waals surface area (Å²) in [5.41, 5.74) is 0. The summed E-state index contributed by atoms with van der Waals surface area (Å²) < 4.78 is 53.5. The molecule has 9 heteroatoms. The van der Waals surface area contributed by atoms with Gasteiger partial charge in [0.1, 0.15) is 16.5 Å². The second kappa shape index (κ2) is 7.24. The molecular weight excluding hydrogens is 361 g/mol. The Bertz CT molecular complexity index is 897. The van der Waals surface area contributed by atoms with Crippen LogP contribution >= 0.6 is 0 Å². The molecule has 2 aromatic rings. The first kappa shape index (κ1) is 18.7. The molecule has 1 aromatic carbocycles. The molecule has 0 aliphatic carbocycles. The molecule has 0 amide bonds. The molecule has 1 aliphatic rings. The lowest BCUT2D eigenvalue weighted by Gasteiger charge is -2.28. The molecular formula is C17H22FN3O4S. The van der Waals surface area contributed by atoms with Crippen LogP contribution in [-0.2, 0) is 23.0 Å². The number of hydrogen-bond donors (Lipinski definition) is 0. The van der Waals surface area contributed by atoms with Crippen LogP contribution in [0.25, 0.3) is 0 Å². The van der Waals surface area contributed by atoms with E-state index in [0.29, 0.717) is 13.1 Å². The molecule has 3 rings (SSSR count). The smallest absolute Gasteiger partial charge is 0.245 e. The van der Waals surface area contributed by atoms with Crippen LogP contribution in [0.15, 0.2) is 29.4 Å². The quantitative estimate of drug-likeness (QED) is 0.762. The lowest BCUT2D eigenvalue weighted by atomic mass is 10.00. The Balaban J connectivity index is 1.82. The van der Waals surface area contributed by atoms with Gasteiger partial charge in [-0.1, -0.05) is 0 Å². The second-order valence-electron chi connectivity index (χ2n) is 6.32. The fraction of sp³-hybridized carbons (Fsp3) is 0.471. The molecule has 0 radical (unpaired) electrons. The first-order chi connectivity index (χ1) is 12.4. The van der Waals surface area contributed by atoms with E-state index < -0.39 is 20.7 Å². The molecule has 0 saturated heterocycles. The molecule has 7 nitrogen and oxygen atoms in total. The number of rotatable bonds is 6. The number of benzene rings is 1. The van der Waals surface area contributed by atoms with Crippen LogP contribution in [0, 0.1) is 11.7 Å². The summed E-state index contributed by atoms with van der Waals surface area (Å²) in [6, 6.07) is 2.19. The molecule has 142 valence electrons. The summed E-state index contributed by atoms with van der Waals surface area (Å²) >= 11 is 0. The normalized spacial score (nSPS) is 17.2. The molecule has 0 fully saturated rings. The van der Waals surface area contributed by atoms with Crippen LogP contribution in [0.3, 0.4) is 0 Å². The Kier molecular flexibility index (Phi) is 5.19. The van der Waals surface area contributed by atoms with Crippen molar-refractivity contribution in [1.82, 2.24) is 13.9 Å². The van der Waals surface area contributed by atoms with Gasteiger partial charge in [-0.2, -0.15) is 0 Å². The van der Waals surface area contributed by atoms with E-state index in [9.17, 15) is 12.8 Å². The lowest BCUT2D eigenvalue weighted by molar-refractivity contribution is 0.302. The highest BCUT2D eigenvalue weighted by Crippen LogP contribution is 2.33. The van der Waals surface area contributed by atoms with Crippen molar-refractivity contribution in [3.63, 3.8) is 0 Å². The maximum absolute atomic E-state index is 14.4. The molecule has 2 heterocycles. The molecule has 0 bridgehead atoms. The highest BCUT2D eigenvalue weighted by Gasteiger charge is 2.30. The first-order valence-corrected chi connectivity index (χ1v) is 9.68. The minimum Gasteiger partial charge on any atom is -0.493 e. The fourth-order valence-electron chi connectivity index (χ4n) is 3.25. The van der Waals surface area contributed by atoms with E-state index in [4.69, 9.17) is 9.47 Å². The van der Waals surface area contributed by atoms with Gasteiger partial charge in [-0.25, -0.2) is 22.1 Å². The molecule has 26 heavy (non-hydrogen) atoms. The topological polar surface area (TPSA) is 73.7 Å². The number of sulfonamides is 1. The number of nitrogens with zero attached hydrogens (tertiary/aromatic N) is 3. The van der Waals surface area contributed by atoms with E-state index in [-0.39, 0.29) is 17.4 Å². The van der Waals surface area contributed by atoms with Crippen molar-refractivity contribution in [3.8, 4) is 11.5 Å². The zero-order chi connectivity index (χ0) is 18.9. The molecule has 1 unspecified atom stereocenters. The summed E-state index contributed by atoms with van der Waals surface area (Å²) in [6.07, 6.45) is 5.28. The third kappa shape index (κ3) is 3.41. The van der Waals surface area contributed by atoms with Gasteiger partial charge in [-0.15, -0.1) is 0 Å². The third-order valence-electron chi connectivity index (χ3n) is 4.67. The summed E-state index contributed by atoms with van der Waals surface area (Å²) in [5, 5.41) is 0. The standard InChI is InChI=1S/C17H22FN3O4S/c1-20(10-12-4-5-17-19-6-7-21(17)11-12)26(22,23)16-9-15(25-3)14(24-2)8-13(16)18/h6-9,12H,4-5,10-11H2,1-3H3. The number of aromatic nitrogens is 2. The lowest BCUT2D eigenvalue weighted by Crippen LogP contribution is -2.35. The Morgan fingerprint density at radius 2 is 2.00 bits per heavy atom. The molecule has 0 N–H and O–H groups in total. The number of aryl methyl sites for hydroxylation is 1. The average Bonchev–Trinajstić information content (AvgIpc) is 3.08. The SMILES string of the molecule is COc1cc(F)c(S(=O)(=O)N(C)CC2CCc3nccn3C2)cc1OC. The minimum atomic E-state index is -3.99. The summed E-state index contributed by atoms with van der Waals surface area (Å²) in [5.74, 6) is 0.598. The van der Waals surface area contributed by atoms with Gasteiger partial charge in [0.2, 0.25) is 10.0 Å². The number of hydrogen-bond acceptors (Lipinski definition) is 5. The molecule has 1 atom stereocenters. The van der Waals surface area contributed by atoms with Crippen molar-refractivity contribution in [2.75, 3.05) is 27.8 Å². The zero-order valence-corrected chi connectivity index (χ0v) is 15.8. The van der Waals surface area contributed by atoms with Crippen molar-refractivity contribution in [3.05, 3.63) is 36.2 Å². The molecule has 1 aromatic heterocycles. The van der Waals surface area contributed by atoms with E-state index in [2.05, 4.69) is 4.98 Å². The minimum absolute atomic E-state index is 0.139. The van der Waals surface area contributed by atoms with Crippen molar-refractivity contribution in [1.29, 1.82) is 0 Å². The van der Waals surface area contributed by atoms with E-state index in [0.717, 1.165) is 30.8 Å². The van der Waals surface area contributed by atoms with Gasteiger partial charge in [-0.3, -0.25) is 0 Å². The number of methoxy groups -OCH3 is 2. The Hall–Kier alpha value is -2.13. The van der Waals surface area contributed by atoms with Crippen LogP contribution in [0.4, 0.5) is 4.39 Å². The van der Waals surface area contributed by atoms with Crippen LogP contribution in [0.2, 0.25) is 0 Å². The summed E-state index contributed by atoms with van der Waals surface area (Å²) in [7, 11) is 0.216. The van der Waals surface area contributed by atoms with Gasteiger partial charge in [0.05, 0.1) is 14.2 Å². The maximum atomic E-state index is 14.4. The molecule has 0 saturated carbocycles. The van der Waals surface area contributed by atoms with Crippen molar-refractivity contribution >= 4 is 10.0 Å². The van der Waals surface area contributed by atoms with Crippen molar-refractivity contribution in [2.24, 2.45) is 5.92 Å². The largest absolute Gasteiger partial charge is 0.493 e. The molecule has 0 spiro atoms. The number of imidazole rings is 1. The van der Waals surface area contributed by atoms with Gasteiger partial charge in [0, 0.05) is 51.1 Å². The number of fused-ring (bicyclic) bond motifs is 1. The summed E-state index contributed by atoms with van der Waals surface area (Å²) in [4.78, 5) is 3.85. The molecule has 1 aliphatic heterocycles. The Labute approximate surface area is 152 Å². The predicted molar refractivity (Wildman–Crippen MR) is 93.4 cm³/mol. The van der Waals surface area contributed by atoms with E-state index in [1.807, 2.05) is 10.8 Å². The van der Waals surface area contributed by atoms with Crippen molar-refractivity contribution in [2.45, 2.75) is 24.3 Å². The first-order valence-electron chi connectivity index (χ1n) is 8.24. The van der Waals surface area contributed by atoms with E-state index in [1.165, 1.54) is 25.6 Å². The number of halogens is 1. The zero-order valence-electron chi connectivity index (χ0n) is 15.0. The highest BCUT2D eigenvalue weighted by atomic mass is 32.2. The van der Waals surface area contributed by atoms with Crippen LogP contribution in [-0.4, -0.2) is 50.1 Å². The van der Waals surface area contributed by atoms with E-state index >= 15 is 0 Å². The monoisotopic (exact) mass is 383 g/mol. The maximum Gasteiger partial charge on any atom is 0.245 e. The summed E-state index contributed by atoms with van der Waals surface area (Å²) in [6.45, 7) is 0.997. The Morgan fingerprint density at radius 1 is 1.31 bits per heavy atom. The van der Waals surface area contributed by atoms with Gasteiger partial charge < -0.3 is 14.0 Å². The van der Waals surface area contributed by atoms with Gasteiger partial charge in [0.25, 0.3) is 0 Å². The van der Waals surface area contributed by atoms with E-state index in [1.54, 1.807) is 6.20 Å². The van der Waals surface area contributed by atoms with Crippen LogP contribution in [0.5, 0.6) is 11.5 Å². The number of ether oxygens (including phenoxy) is 2. The average molecular weight is 383 g/mol. The predicted octanol–water partition coefficient (Wildman–Crippen LogP) is 1.92. The highest BCUT2D eigenvalue weighted by molar-refractivity contribution is 7.89. The fourth-order valence-corrected chi connectivity index (χ4v) is 4.55. The van der Waals surface area contributed by atoms with Gasteiger partial charge in [-0.05, 0) is 12.3 Å². The van der Waals surface area contributed by atoms with Crippen LogP contribution < -0.4 is 9.47 Å².